The molecule has 0 radical (unpaired) electrons. The molecule has 0 saturated carbocycles. The number of benzene rings is 1. The van der Waals surface area contributed by atoms with Gasteiger partial charge in [-0.2, -0.15) is 0 Å². The van der Waals surface area contributed by atoms with Crippen molar-refractivity contribution in [3.63, 3.8) is 0 Å². The SMILES string of the molecule is COc1cccc(CNCc2ccc(OC)nc2)c1. The summed E-state index contributed by atoms with van der Waals surface area (Å²) in [7, 11) is 3.29. The van der Waals surface area contributed by atoms with E-state index in [1.54, 1.807) is 14.2 Å². The fourth-order valence-corrected chi connectivity index (χ4v) is 1.77. The molecule has 1 aromatic carbocycles. The van der Waals surface area contributed by atoms with E-state index in [1.807, 2.05) is 36.5 Å². The molecule has 0 unspecified atom stereocenters. The number of nitrogens with one attached hydrogen (secondary N) is 1. The number of pyridine rings is 1. The van der Waals surface area contributed by atoms with Crippen LogP contribution in [0.25, 0.3) is 0 Å². The molecule has 4 heteroatoms. The second kappa shape index (κ2) is 6.75. The fraction of sp³-hybridized carbons (Fsp3) is 0.267. The van der Waals surface area contributed by atoms with Gasteiger partial charge in [0.05, 0.1) is 14.2 Å². The van der Waals surface area contributed by atoms with Crippen molar-refractivity contribution < 1.29 is 9.47 Å². The molecule has 0 bridgehead atoms. The number of ether oxygens (including phenoxy) is 2. The Labute approximate surface area is 113 Å². The summed E-state index contributed by atoms with van der Waals surface area (Å²) in [6, 6.07) is 11.9. The quantitative estimate of drug-likeness (QED) is 0.864. The van der Waals surface area contributed by atoms with Gasteiger partial charge in [-0.3, -0.25) is 0 Å². The molecule has 2 rings (SSSR count). The predicted octanol–water partition coefficient (Wildman–Crippen LogP) is 2.39. The number of hydrogen-bond acceptors (Lipinski definition) is 4. The first-order chi connectivity index (χ1) is 9.31. The second-order valence-corrected chi connectivity index (χ2v) is 4.16. The minimum Gasteiger partial charge on any atom is -0.497 e. The summed E-state index contributed by atoms with van der Waals surface area (Å²) in [6.45, 7) is 1.57. The Balaban J connectivity index is 1.85. The van der Waals surface area contributed by atoms with Gasteiger partial charge in [0.2, 0.25) is 5.88 Å². The van der Waals surface area contributed by atoms with Crippen LogP contribution in [0, 0.1) is 0 Å². The molecule has 4 nitrogen and oxygen atoms in total. The van der Waals surface area contributed by atoms with Gasteiger partial charge in [0.1, 0.15) is 5.75 Å². The van der Waals surface area contributed by atoms with Crippen molar-refractivity contribution in [1.29, 1.82) is 0 Å². The summed E-state index contributed by atoms with van der Waals surface area (Å²) in [5, 5.41) is 3.37. The Hall–Kier alpha value is -2.07. The van der Waals surface area contributed by atoms with Crippen LogP contribution >= 0.6 is 0 Å². The van der Waals surface area contributed by atoms with Gasteiger partial charge in [-0.15, -0.1) is 0 Å². The van der Waals surface area contributed by atoms with E-state index in [2.05, 4.69) is 16.4 Å². The lowest BCUT2D eigenvalue weighted by Gasteiger charge is -2.07. The van der Waals surface area contributed by atoms with Crippen molar-refractivity contribution in [1.82, 2.24) is 10.3 Å². The number of rotatable bonds is 6. The Kier molecular flexibility index (Phi) is 4.75. The van der Waals surface area contributed by atoms with Crippen LogP contribution in [-0.4, -0.2) is 19.2 Å². The highest BCUT2D eigenvalue weighted by Crippen LogP contribution is 2.12. The Morgan fingerprint density at radius 3 is 2.53 bits per heavy atom. The molecular weight excluding hydrogens is 240 g/mol. The molecule has 2 aromatic rings. The second-order valence-electron chi connectivity index (χ2n) is 4.16. The van der Waals surface area contributed by atoms with Crippen molar-refractivity contribution in [3.05, 3.63) is 53.7 Å². The molecule has 0 aliphatic rings. The zero-order valence-corrected chi connectivity index (χ0v) is 11.2. The molecule has 0 aliphatic heterocycles. The molecule has 1 heterocycles. The standard InChI is InChI=1S/C15H18N2O2/c1-18-14-5-3-4-12(8-14)9-16-10-13-6-7-15(19-2)17-11-13/h3-8,11,16H,9-10H2,1-2H3. The number of hydrogen-bond donors (Lipinski definition) is 1. The molecule has 1 aromatic heterocycles. The molecule has 0 spiro atoms. The first kappa shape index (κ1) is 13.4. The van der Waals surface area contributed by atoms with Gasteiger partial charge in [-0.25, -0.2) is 4.98 Å². The number of aromatic nitrogens is 1. The minimum atomic E-state index is 0.636. The van der Waals surface area contributed by atoms with E-state index in [-0.39, 0.29) is 0 Å². The van der Waals surface area contributed by atoms with E-state index < -0.39 is 0 Å². The van der Waals surface area contributed by atoms with Crippen LogP contribution in [-0.2, 0) is 13.1 Å². The van der Waals surface area contributed by atoms with Gasteiger partial charge in [-0.1, -0.05) is 18.2 Å². The Bertz CT molecular complexity index is 512. The first-order valence-electron chi connectivity index (χ1n) is 6.14. The van der Waals surface area contributed by atoms with Crippen LogP contribution in [0.2, 0.25) is 0 Å². The van der Waals surface area contributed by atoms with Crippen LogP contribution in [0.3, 0.4) is 0 Å². The first-order valence-corrected chi connectivity index (χ1v) is 6.14. The number of nitrogens with zero attached hydrogens (tertiary/aromatic N) is 1. The zero-order chi connectivity index (χ0) is 13.5. The summed E-state index contributed by atoms with van der Waals surface area (Å²) in [4.78, 5) is 4.17. The Morgan fingerprint density at radius 1 is 1.00 bits per heavy atom. The van der Waals surface area contributed by atoms with Gasteiger partial charge < -0.3 is 14.8 Å². The summed E-state index contributed by atoms with van der Waals surface area (Å²) >= 11 is 0. The maximum Gasteiger partial charge on any atom is 0.212 e. The summed E-state index contributed by atoms with van der Waals surface area (Å²) in [5.41, 5.74) is 2.32. The van der Waals surface area contributed by atoms with Gasteiger partial charge in [0.25, 0.3) is 0 Å². The van der Waals surface area contributed by atoms with Crippen LogP contribution in [0.15, 0.2) is 42.6 Å². The smallest absolute Gasteiger partial charge is 0.212 e. The molecule has 0 aliphatic carbocycles. The molecule has 0 fully saturated rings. The average molecular weight is 258 g/mol. The van der Waals surface area contributed by atoms with E-state index in [1.165, 1.54) is 5.56 Å². The van der Waals surface area contributed by atoms with Crippen molar-refractivity contribution >= 4 is 0 Å². The summed E-state index contributed by atoms with van der Waals surface area (Å²) in [5.74, 6) is 1.52. The maximum absolute atomic E-state index is 5.19. The summed E-state index contributed by atoms with van der Waals surface area (Å²) in [6.07, 6.45) is 1.82. The molecule has 0 saturated heterocycles. The van der Waals surface area contributed by atoms with Gasteiger partial charge in [-0.05, 0) is 23.3 Å². The van der Waals surface area contributed by atoms with Crippen LogP contribution in [0.4, 0.5) is 0 Å². The lowest BCUT2D eigenvalue weighted by Crippen LogP contribution is -2.12. The van der Waals surface area contributed by atoms with Crippen LogP contribution < -0.4 is 14.8 Å². The number of methoxy groups -OCH3 is 2. The highest BCUT2D eigenvalue weighted by Gasteiger charge is 1.98. The molecule has 19 heavy (non-hydrogen) atoms. The van der Waals surface area contributed by atoms with Gasteiger partial charge in [0, 0.05) is 25.4 Å². The van der Waals surface area contributed by atoms with Gasteiger partial charge >= 0.3 is 0 Å². The zero-order valence-electron chi connectivity index (χ0n) is 11.2. The van der Waals surface area contributed by atoms with E-state index in [9.17, 15) is 0 Å². The van der Waals surface area contributed by atoms with Crippen molar-refractivity contribution in [3.8, 4) is 11.6 Å². The highest BCUT2D eigenvalue weighted by atomic mass is 16.5. The van der Waals surface area contributed by atoms with Crippen molar-refractivity contribution in [2.24, 2.45) is 0 Å². The summed E-state index contributed by atoms with van der Waals surface area (Å²) < 4.78 is 10.2. The van der Waals surface area contributed by atoms with E-state index in [0.717, 1.165) is 24.4 Å². The van der Waals surface area contributed by atoms with Crippen molar-refractivity contribution in [2.75, 3.05) is 14.2 Å². The van der Waals surface area contributed by atoms with E-state index in [0.29, 0.717) is 5.88 Å². The van der Waals surface area contributed by atoms with Gasteiger partial charge in [0.15, 0.2) is 0 Å². The largest absolute Gasteiger partial charge is 0.497 e. The molecular formula is C15H18N2O2. The third-order valence-electron chi connectivity index (χ3n) is 2.80. The van der Waals surface area contributed by atoms with Crippen LogP contribution in [0.1, 0.15) is 11.1 Å². The third kappa shape index (κ3) is 3.96. The molecule has 0 amide bonds. The topological polar surface area (TPSA) is 43.4 Å². The van der Waals surface area contributed by atoms with Crippen LogP contribution in [0.5, 0.6) is 11.6 Å². The lowest BCUT2D eigenvalue weighted by atomic mass is 10.2. The van der Waals surface area contributed by atoms with E-state index >= 15 is 0 Å². The maximum atomic E-state index is 5.19. The van der Waals surface area contributed by atoms with E-state index in [4.69, 9.17) is 9.47 Å². The highest BCUT2D eigenvalue weighted by molar-refractivity contribution is 5.28. The monoisotopic (exact) mass is 258 g/mol. The average Bonchev–Trinajstić information content (AvgIpc) is 2.48. The van der Waals surface area contributed by atoms with Crippen molar-refractivity contribution in [2.45, 2.75) is 13.1 Å². The predicted molar refractivity (Wildman–Crippen MR) is 74.3 cm³/mol. The normalized spacial score (nSPS) is 10.2. The third-order valence-corrected chi connectivity index (χ3v) is 2.80. The molecule has 1 N–H and O–H groups in total. The lowest BCUT2D eigenvalue weighted by molar-refractivity contribution is 0.397. The fourth-order valence-electron chi connectivity index (χ4n) is 1.77. The molecule has 0 atom stereocenters. The Morgan fingerprint density at radius 2 is 1.84 bits per heavy atom. The minimum absolute atomic E-state index is 0.636. The molecule has 100 valence electrons.